The second-order valence-corrected chi connectivity index (χ2v) is 9.56. The number of hydrogen-bond donors (Lipinski definition) is 1. The molecule has 0 bridgehead atoms. The van der Waals surface area contributed by atoms with Gasteiger partial charge < -0.3 is 19.5 Å². The molecule has 2 aromatic carbocycles. The molecule has 1 fully saturated rings. The molecule has 2 aromatic heterocycles. The van der Waals surface area contributed by atoms with Crippen LogP contribution in [-0.2, 0) is 6.54 Å². The fourth-order valence-corrected chi connectivity index (χ4v) is 5.23. The van der Waals surface area contributed by atoms with E-state index in [9.17, 15) is 0 Å². The Labute approximate surface area is 199 Å². The van der Waals surface area contributed by atoms with Crippen molar-refractivity contribution in [1.82, 2.24) is 19.6 Å². The molecule has 2 heterocycles. The van der Waals surface area contributed by atoms with Crippen molar-refractivity contribution in [2.75, 3.05) is 26.6 Å². The Morgan fingerprint density at radius 3 is 2.56 bits per heavy atom. The van der Waals surface area contributed by atoms with E-state index in [1.54, 1.807) is 21.3 Å². The number of ether oxygens (including phenoxy) is 3. The van der Waals surface area contributed by atoms with Crippen molar-refractivity contribution in [2.24, 2.45) is 0 Å². The van der Waals surface area contributed by atoms with Crippen molar-refractivity contribution in [3.63, 3.8) is 0 Å². The summed E-state index contributed by atoms with van der Waals surface area (Å²) in [4.78, 5) is 9.78. The highest BCUT2D eigenvalue weighted by Gasteiger charge is 2.32. The molecule has 1 N–H and O–H groups in total. The van der Waals surface area contributed by atoms with Gasteiger partial charge in [0.1, 0.15) is 22.8 Å². The smallest absolute Gasteiger partial charge is 0.226 e. The Hall–Kier alpha value is -2.82. The molecule has 4 aromatic rings. The fraction of sp³-hybridized carbons (Fsp3) is 0.348. The monoisotopic (exact) mass is 545 g/mol. The summed E-state index contributed by atoms with van der Waals surface area (Å²) in [5.74, 6) is 4.08. The summed E-state index contributed by atoms with van der Waals surface area (Å²) in [6.07, 6.45) is 2.22. The number of alkyl halides is 1. The Morgan fingerprint density at radius 2 is 1.84 bits per heavy atom. The maximum atomic E-state index is 5.57. The molecule has 0 atom stereocenters. The molecule has 0 spiro atoms. The molecule has 0 saturated heterocycles. The van der Waals surface area contributed by atoms with Crippen molar-refractivity contribution in [3.8, 4) is 17.2 Å². The highest BCUT2D eigenvalue weighted by molar-refractivity contribution is 14.1. The van der Waals surface area contributed by atoms with Gasteiger partial charge in [-0.15, -0.1) is 5.10 Å². The van der Waals surface area contributed by atoms with E-state index in [1.807, 2.05) is 40.9 Å². The Balaban J connectivity index is 1.58. The molecule has 0 unspecified atom stereocenters. The molecule has 166 valence electrons. The van der Waals surface area contributed by atoms with Crippen LogP contribution in [0.2, 0.25) is 0 Å². The number of anilines is 1. The molecule has 8 nitrogen and oxygen atoms in total. The van der Waals surface area contributed by atoms with E-state index >= 15 is 0 Å². The quantitative estimate of drug-likeness (QED) is 0.269. The molecule has 0 radical (unpaired) electrons. The molecule has 9 heteroatoms. The van der Waals surface area contributed by atoms with Crippen LogP contribution in [0.3, 0.4) is 0 Å². The topological polar surface area (TPSA) is 82.8 Å². The molecule has 0 aliphatic heterocycles. The average molecular weight is 545 g/mol. The lowest BCUT2D eigenvalue weighted by Crippen LogP contribution is -2.22. The van der Waals surface area contributed by atoms with Gasteiger partial charge >= 0.3 is 0 Å². The summed E-state index contributed by atoms with van der Waals surface area (Å²) >= 11 is 2.49. The number of benzene rings is 2. The van der Waals surface area contributed by atoms with Crippen LogP contribution < -0.4 is 19.5 Å². The van der Waals surface area contributed by atoms with Gasteiger partial charge in [-0.05, 0) is 37.1 Å². The van der Waals surface area contributed by atoms with Gasteiger partial charge in [0.15, 0.2) is 11.5 Å². The number of fused-ring (bicyclic) bond motifs is 3. The molecular formula is C23H24IN5O3. The number of hydrogen-bond acceptors (Lipinski definition) is 7. The third-order valence-corrected chi connectivity index (χ3v) is 6.90. The highest BCUT2D eigenvalue weighted by atomic mass is 127. The molecule has 5 rings (SSSR count). The number of aromatic nitrogens is 4. The first kappa shape index (κ1) is 21.0. The third kappa shape index (κ3) is 3.68. The van der Waals surface area contributed by atoms with E-state index in [4.69, 9.17) is 29.3 Å². The molecule has 32 heavy (non-hydrogen) atoms. The van der Waals surface area contributed by atoms with Crippen molar-refractivity contribution < 1.29 is 14.2 Å². The van der Waals surface area contributed by atoms with Crippen LogP contribution in [0.25, 0.3) is 16.6 Å². The first-order valence-corrected chi connectivity index (χ1v) is 11.7. The first-order chi connectivity index (χ1) is 15.6. The van der Waals surface area contributed by atoms with E-state index in [1.165, 1.54) is 0 Å². The molecular weight excluding hydrogens is 521 g/mol. The molecule has 1 saturated carbocycles. The number of para-hydroxylation sites is 1. The molecule has 0 amide bonds. The second-order valence-electron chi connectivity index (χ2n) is 7.79. The minimum atomic E-state index is 0.395. The van der Waals surface area contributed by atoms with E-state index in [0.29, 0.717) is 28.1 Å². The SMILES string of the molecule is COc1ccc(CNc2nc3c(OC)cccc3c3nc(C4CC(I)C4)nn23)c(OC)c1. The lowest BCUT2D eigenvalue weighted by molar-refractivity contribution is 0.391. The largest absolute Gasteiger partial charge is 0.497 e. The minimum Gasteiger partial charge on any atom is -0.497 e. The van der Waals surface area contributed by atoms with E-state index in [2.05, 4.69) is 27.9 Å². The lowest BCUT2D eigenvalue weighted by atomic mass is 9.85. The number of nitrogens with one attached hydrogen (secondary N) is 1. The Morgan fingerprint density at radius 1 is 1.03 bits per heavy atom. The standard InChI is InChI=1S/C23H24IN5O3/c1-30-16-8-7-13(19(11-16)32-3)12-25-23-26-20-17(5-4-6-18(20)31-2)22-27-21(28-29(22)23)14-9-15(24)10-14/h4-8,11,14-15H,9-10,12H2,1-3H3,(H,25,26). The van der Waals surface area contributed by atoms with Crippen LogP contribution in [0.5, 0.6) is 17.2 Å². The predicted octanol–water partition coefficient (Wildman–Crippen LogP) is 4.60. The van der Waals surface area contributed by atoms with Gasteiger partial charge in [0.05, 0.1) is 21.3 Å². The lowest BCUT2D eigenvalue weighted by Gasteiger charge is -2.28. The van der Waals surface area contributed by atoms with Gasteiger partial charge in [0.2, 0.25) is 5.95 Å². The number of nitrogens with zero attached hydrogens (tertiary/aromatic N) is 4. The summed E-state index contributed by atoms with van der Waals surface area (Å²) in [5, 5.41) is 9.19. The molecule has 1 aliphatic rings. The summed E-state index contributed by atoms with van der Waals surface area (Å²) in [6.45, 7) is 0.504. The zero-order chi connectivity index (χ0) is 22.2. The summed E-state index contributed by atoms with van der Waals surface area (Å²) in [5.41, 5.74) is 2.52. The van der Waals surface area contributed by atoms with Crippen molar-refractivity contribution >= 4 is 45.1 Å². The number of halogens is 1. The van der Waals surface area contributed by atoms with Gasteiger partial charge in [-0.25, -0.2) is 9.97 Å². The number of methoxy groups -OCH3 is 3. The van der Waals surface area contributed by atoms with Crippen molar-refractivity contribution in [3.05, 3.63) is 47.8 Å². The average Bonchev–Trinajstić information content (AvgIpc) is 3.25. The van der Waals surface area contributed by atoms with Crippen LogP contribution in [0.15, 0.2) is 36.4 Å². The van der Waals surface area contributed by atoms with Gasteiger partial charge in [0, 0.05) is 33.4 Å². The summed E-state index contributed by atoms with van der Waals surface area (Å²) < 4.78 is 18.9. The minimum absolute atomic E-state index is 0.395. The van der Waals surface area contributed by atoms with Gasteiger partial charge in [-0.3, -0.25) is 0 Å². The summed E-state index contributed by atoms with van der Waals surface area (Å²) in [6, 6.07) is 11.6. The molecule has 1 aliphatic carbocycles. The predicted molar refractivity (Wildman–Crippen MR) is 131 cm³/mol. The zero-order valence-electron chi connectivity index (χ0n) is 18.1. The van der Waals surface area contributed by atoms with E-state index < -0.39 is 0 Å². The first-order valence-electron chi connectivity index (χ1n) is 10.4. The van der Waals surface area contributed by atoms with Crippen LogP contribution in [0.4, 0.5) is 5.95 Å². The zero-order valence-corrected chi connectivity index (χ0v) is 20.3. The van der Waals surface area contributed by atoms with Gasteiger partial charge in [0.25, 0.3) is 0 Å². The second kappa shape index (κ2) is 8.61. The van der Waals surface area contributed by atoms with Crippen LogP contribution in [-0.4, -0.2) is 44.8 Å². The van der Waals surface area contributed by atoms with Crippen LogP contribution in [0, 0.1) is 0 Å². The Bertz CT molecular complexity index is 1290. The van der Waals surface area contributed by atoms with Crippen LogP contribution in [0.1, 0.15) is 30.1 Å². The van der Waals surface area contributed by atoms with E-state index in [-0.39, 0.29) is 0 Å². The summed E-state index contributed by atoms with van der Waals surface area (Å²) in [7, 11) is 4.94. The maximum absolute atomic E-state index is 5.57. The normalized spacial score (nSPS) is 17.9. The number of rotatable bonds is 7. The van der Waals surface area contributed by atoms with Gasteiger partial charge in [-0.2, -0.15) is 4.52 Å². The Kier molecular flexibility index (Phi) is 5.66. The highest BCUT2D eigenvalue weighted by Crippen LogP contribution is 2.40. The van der Waals surface area contributed by atoms with Crippen LogP contribution >= 0.6 is 22.6 Å². The van der Waals surface area contributed by atoms with Gasteiger partial charge in [-0.1, -0.05) is 28.7 Å². The van der Waals surface area contributed by atoms with E-state index in [0.717, 1.165) is 52.3 Å². The third-order valence-electron chi connectivity index (χ3n) is 5.88. The fourth-order valence-electron chi connectivity index (χ4n) is 4.00. The van der Waals surface area contributed by atoms with Crippen molar-refractivity contribution in [2.45, 2.75) is 29.2 Å². The van der Waals surface area contributed by atoms with Crippen molar-refractivity contribution in [1.29, 1.82) is 0 Å². The maximum Gasteiger partial charge on any atom is 0.226 e.